The van der Waals surface area contributed by atoms with Crippen molar-refractivity contribution in [3.63, 3.8) is 0 Å². The van der Waals surface area contributed by atoms with Crippen molar-refractivity contribution in [3.05, 3.63) is 0 Å². The third-order valence-corrected chi connectivity index (χ3v) is 3.40. The highest BCUT2D eigenvalue weighted by Gasteiger charge is 2.27. The lowest BCUT2D eigenvalue weighted by atomic mass is 10.0. The van der Waals surface area contributed by atoms with Gasteiger partial charge in [-0.3, -0.25) is 14.4 Å². The Hall–Kier alpha value is -2.24. The Morgan fingerprint density at radius 1 is 1.00 bits per heavy atom. The number of carbonyl (C=O) groups is 4. The summed E-state index contributed by atoms with van der Waals surface area (Å²) in [5, 5.41) is 33.7. The van der Waals surface area contributed by atoms with Crippen LogP contribution in [0.2, 0.25) is 0 Å². The Kier molecular flexibility index (Phi) is 10.4. The molecule has 0 aliphatic rings. The van der Waals surface area contributed by atoms with Crippen molar-refractivity contribution in [2.75, 3.05) is 13.2 Å². The number of carboxylic acids is 1. The Labute approximate surface area is 151 Å². The second kappa shape index (κ2) is 11.4. The van der Waals surface area contributed by atoms with E-state index in [1.54, 1.807) is 0 Å². The molecule has 11 heteroatoms. The molecule has 0 aromatic carbocycles. The number of hydrogen-bond acceptors (Lipinski definition) is 7. The van der Waals surface area contributed by atoms with Crippen LogP contribution in [-0.4, -0.2) is 76.4 Å². The van der Waals surface area contributed by atoms with Crippen molar-refractivity contribution in [1.29, 1.82) is 0 Å². The lowest BCUT2D eigenvalue weighted by molar-refractivity contribution is -0.142. The van der Waals surface area contributed by atoms with Crippen LogP contribution in [0, 0.1) is 5.92 Å². The maximum Gasteiger partial charge on any atom is 0.328 e. The summed E-state index contributed by atoms with van der Waals surface area (Å²) >= 11 is 0. The van der Waals surface area contributed by atoms with Gasteiger partial charge in [-0.15, -0.1) is 0 Å². The average molecular weight is 376 g/mol. The molecule has 8 N–H and O–H groups in total. The van der Waals surface area contributed by atoms with Gasteiger partial charge in [0.2, 0.25) is 17.7 Å². The van der Waals surface area contributed by atoms with Crippen molar-refractivity contribution in [3.8, 4) is 0 Å². The number of hydrogen-bond donors (Lipinski definition) is 7. The molecule has 0 radical (unpaired) electrons. The number of nitrogens with one attached hydrogen (secondary N) is 3. The van der Waals surface area contributed by atoms with Gasteiger partial charge in [0, 0.05) is 0 Å². The molecule has 0 aliphatic heterocycles. The standard InChI is InChI=1S/C15H28N4O7/c1-7(2)4-9(19-14(24)12(16)8(3)21)13(23)17-5-11(22)18-10(6-20)15(25)26/h7-10,12,20-21H,4-6,16H2,1-3H3,(H,17,23)(H,18,22)(H,19,24)(H,25,26). The lowest BCUT2D eigenvalue weighted by Crippen LogP contribution is -2.55. The lowest BCUT2D eigenvalue weighted by Gasteiger charge is -2.23. The Morgan fingerprint density at radius 2 is 1.58 bits per heavy atom. The van der Waals surface area contributed by atoms with Crippen molar-refractivity contribution in [2.24, 2.45) is 11.7 Å². The largest absolute Gasteiger partial charge is 0.480 e. The molecule has 0 heterocycles. The second-order valence-corrected chi connectivity index (χ2v) is 6.32. The van der Waals surface area contributed by atoms with E-state index < -0.39 is 61.1 Å². The molecule has 3 amide bonds. The molecular weight excluding hydrogens is 348 g/mol. The highest BCUT2D eigenvalue weighted by atomic mass is 16.4. The zero-order chi connectivity index (χ0) is 20.4. The smallest absolute Gasteiger partial charge is 0.328 e. The molecule has 4 unspecified atom stereocenters. The van der Waals surface area contributed by atoms with E-state index in [1.165, 1.54) is 6.92 Å². The topological polar surface area (TPSA) is 191 Å². The zero-order valence-corrected chi connectivity index (χ0v) is 15.1. The minimum atomic E-state index is -1.48. The van der Waals surface area contributed by atoms with Crippen molar-refractivity contribution in [2.45, 2.75) is 51.4 Å². The molecule has 0 bridgehead atoms. The first-order valence-electron chi connectivity index (χ1n) is 8.14. The number of amides is 3. The number of nitrogens with two attached hydrogens (primary N) is 1. The van der Waals surface area contributed by atoms with E-state index in [4.69, 9.17) is 15.9 Å². The molecule has 0 saturated heterocycles. The van der Waals surface area contributed by atoms with Crippen molar-refractivity contribution < 1.29 is 34.5 Å². The number of aliphatic hydroxyl groups excluding tert-OH is 2. The fraction of sp³-hybridized carbons (Fsp3) is 0.733. The van der Waals surface area contributed by atoms with Gasteiger partial charge in [0.15, 0.2) is 0 Å². The molecule has 0 rings (SSSR count). The maximum atomic E-state index is 12.2. The average Bonchev–Trinajstić information content (AvgIpc) is 2.55. The minimum Gasteiger partial charge on any atom is -0.480 e. The van der Waals surface area contributed by atoms with Gasteiger partial charge < -0.3 is 37.0 Å². The zero-order valence-electron chi connectivity index (χ0n) is 15.1. The van der Waals surface area contributed by atoms with Crippen LogP contribution >= 0.6 is 0 Å². The van der Waals surface area contributed by atoms with Crippen LogP contribution in [0.15, 0.2) is 0 Å². The van der Waals surface area contributed by atoms with Gasteiger partial charge in [-0.2, -0.15) is 0 Å². The second-order valence-electron chi connectivity index (χ2n) is 6.32. The number of carbonyl (C=O) groups excluding carboxylic acids is 3. The molecule has 0 spiro atoms. The molecule has 0 aromatic rings. The summed E-state index contributed by atoms with van der Waals surface area (Å²) in [6.07, 6.45) is -0.838. The summed E-state index contributed by atoms with van der Waals surface area (Å²) in [6.45, 7) is 3.67. The third-order valence-electron chi connectivity index (χ3n) is 3.40. The van der Waals surface area contributed by atoms with Crippen LogP contribution in [-0.2, 0) is 19.2 Å². The number of aliphatic carboxylic acids is 1. The van der Waals surface area contributed by atoms with Crippen molar-refractivity contribution >= 4 is 23.7 Å². The predicted molar refractivity (Wildman–Crippen MR) is 90.7 cm³/mol. The highest BCUT2D eigenvalue weighted by molar-refractivity contribution is 5.92. The fourth-order valence-electron chi connectivity index (χ4n) is 1.91. The quantitative estimate of drug-likeness (QED) is 0.197. The van der Waals surface area contributed by atoms with E-state index in [-0.39, 0.29) is 12.3 Å². The van der Waals surface area contributed by atoms with Gasteiger partial charge in [0.05, 0.1) is 19.3 Å². The van der Waals surface area contributed by atoms with Crippen molar-refractivity contribution in [1.82, 2.24) is 16.0 Å². The normalized spacial score (nSPS) is 15.5. The van der Waals surface area contributed by atoms with Gasteiger partial charge in [-0.25, -0.2) is 4.79 Å². The van der Waals surface area contributed by atoms with E-state index in [2.05, 4.69) is 10.6 Å². The molecule has 26 heavy (non-hydrogen) atoms. The van der Waals surface area contributed by atoms with E-state index in [1.807, 2.05) is 19.2 Å². The maximum absolute atomic E-state index is 12.2. The van der Waals surface area contributed by atoms with E-state index in [0.29, 0.717) is 0 Å². The van der Waals surface area contributed by atoms with Crippen LogP contribution in [0.25, 0.3) is 0 Å². The SMILES string of the molecule is CC(C)CC(NC(=O)C(N)C(C)O)C(=O)NCC(=O)NC(CO)C(=O)O. The summed E-state index contributed by atoms with van der Waals surface area (Å²) in [4.78, 5) is 46.5. The van der Waals surface area contributed by atoms with Gasteiger partial charge >= 0.3 is 5.97 Å². The molecule has 11 nitrogen and oxygen atoms in total. The molecule has 150 valence electrons. The molecule has 0 saturated carbocycles. The molecule has 0 aromatic heterocycles. The Balaban J connectivity index is 4.76. The Morgan fingerprint density at radius 3 is 2.00 bits per heavy atom. The van der Waals surface area contributed by atoms with Gasteiger partial charge in [0.25, 0.3) is 0 Å². The first-order chi connectivity index (χ1) is 12.0. The van der Waals surface area contributed by atoms with Gasteiger partial charge in [-0.05, 0) is 19.3 Å². The predicted octanol–water partition coefficient (Wildman–Crippen LogP) is -3.10. The van der Waals surface area contributed by atoms with Gasteiger partial charge in [-0.1, -0.05) is 13.8 Å². The highest BCUT2D eigenvalue weighted by Crippen LogP contribution is 2.05. The summed E-state index contributed by atoms with van der Waals surface area (Å²) in [6, 6.07) is -3.66. The van der Waals surface area contributed by atoms with Crippen LogP contribution in [0.4, 0.5) is 0 Å². The molecule has 0 fully saturated rings. The first kappa shape index (κ1) is 23.8. The summed E-state index contributed by atoms with van der Waals surface area (Å²) in [7, 11) is 0. The van der Waals surface area contributed by atoms with Crippen LogP contribution in [0.5, 0.6) is 0 Å². The van der Waals surface area contributed by atoms with E-state index in [0.717, 1.165) is 0 Å². The minimum absolute atomic E-state index is 0.0356. The number of carboxylic acid groups (broad SMARTS) is 1. The molecular formula is C15H28N4O7. The van der Waals surface area contributed by atoms with Gasteiger partial charge in [0.1, 0.15) is 18.1 Å². The first-order valence-corrected chi connectivity index (χ1v) is 8.14. The fourth-order valence-corrected chi connectivity index (χ4v) is 1.91. The summed E-state index contributed by atoms with van der Waals surface area (Å²) in [5.74, 6) is -3.56. The summed E-state index contributed by atoms with van der Waals surface area (Å²) < 4.78 is 0. The number of rotatable bonds is 11. The van der Waals surface area contributed by atoms with E-state index >= 15 is 0 Å². The van der Waals surface area contributed by atoms with Crippen LogP contribution in [0.3, 0.4) is 0 Å². The molecule has 4 atom stereocenters. The monoisotopic (exact) mass is 376 g/mol. The number of aliphatic hydroxyl groups is 2. The van der Waals surface area contributed by atoms with Crippen LogP contribution < -0.4 is 21.7 Å². The Bertz CT molecular complexity index is 510. The molecule has 0 aliphatic carbocycles. The van der Waals surface area contributed by atoms with E-state index in [9.17, 15) is 24.3 Å². The van der Waals surface area contributed by atoms with Crippen LogP contribution in [0.1, 0.15) is 27.2 Å². The third kappa shape index (κ3) is 8.74. The summed E-state index contributed by atoms with van der Waals surface area (Å²) in [5.41, 5.74) is 5.52.